The quantitative estimate of drug-likeness (QED) is 0.857. The van der Waals surface area contributed by atoms with Gasteiger partial charge in [0.2, 0.25) is 5.95 Å². The third kappa shape index (κ3) is 2.86. The van der Waals surface area contributed by atoms with Crippen LogP contribution in [0.3, 0.4) is 0 Å². The molecule has 6 nitrogen and oxygen atoms in total. The number of hydrogen-bond donors (Lipinski definition) is 1. The minimum absolute atomic E-state index is 0.186. The van der Waals surface area contributed by atoms with Crippen molar-refractivity contribution < 1.29 is 4.79 Å². The Morgan fingerprint density at radius 1 is 1.22 bits per heavy atom. The first kappa shape index (κ1) is 12.6. The molecule has 2 aromatic heterocycles. The third-order valence-corrected chi connectivity index (χ3v) is 2.78. The number of halogens is 1. The zero-order valence-electron chi connectivity index (χ0n) is 9.81. The van der Waals surface area contributed by atoms with Crippen LogP contribution in [-0.2, 0) is 0 Å². The number of carbonyl (C=O) groups excluding carboxylic acids is 1. The van der Waals surface area contributed by atoms with Gasteiger partial charge in [-0.25, -0.2) is 9.97 Å². The summed E-state index contributed by atoms with van der Waals surface area (Å²) in [6.45, 7) is 3.61. The summed E-state index contributed by atoms with van der Waals surface area (Å²) < 4.78 is 0.670. The lowest BCUT2D eigenvalue weighted by Crippen LogP contribution is -2.15. The van der Waals surface area contributed by atoms with Crippen molar-refractivity contribution in [1.82, 2.24) is 20.2 Å². The minimum Gasteiger partial charge on any atom is -0.289 e. The van der Waals surface area contributed by atoms with Crippen molar-refractivity contribution in [3.05, 3.63) is 39.9 Å². The monoisotopic (exact) mass is 307 g/mol. The van der Waals surface area contributed by atoms with Crippen molar-refractivity contribution >= 4 is 27.8 Å². The summed E-state index contributed by atoms with van der Waals surface area (Å²) in [7, 11) is 0. The van der Waals surface area contributed by atoms with Gasteiger partial charge in [-0.1, -0.05) is 0 Å². The second kappa shape index (κ2) is 5.18. The van der Waals surface area contributed by atoms with E-state index in [4.69, 9.17) is 0 Å². The zero-order valence-corrected chi connectivity index (χ0v) is 11.4. The van der Waals surface area contributed by atoms with Crippen LogP contribution in [0.15, 0.2) is 22.9 Å². The molecule has 0 unspecified atom stereocenters. The van der Waals surface area contributed by atoms with Gasteiger partial charge < -0.3 is 0 Å². The maximum atomic E-state index is 11.8. The first-order valence-corrected chi connectivity index (χ1v) is 5.96. The van der Waals surface area contributed by atoms with E-state index in [1.807, 2.05) is 0 Å². The number of amides is 1. The van der Waals surface area contributed by atoms with Gasteiger partial charge in [-0.05, 0) is 41.9 Å². The lowest BCUT2D eigenvalue weighted by Gasteiger charge is -2.04. The molecule has 0 aliphatic heterocycles. The highest BCUT2D eigenvalue weighted by atomic mass is 79.9. The maximum Gasteiger partial charge on any atom is 0.259 e. The molecule has 0 aliphatic rings. The maximum absolute atomic E-state index is 11.8. The van der Waals surface area contributed by atoms with Crippen molar-refractivity contribution in [3.63, 3.8) is 0 Å². The minimum atomic E-state index is -0.319. The van der Waals surface area contributed by atoms with E-state index >= 15 is 0 Å². The standard InChI is InChI=1S/C11H10BrN5O/c1-6-7(2)16-17-11(14-6)15-10(18)8-3-4-9(12)13-5-8/h3-5H,1-2H3,(H,14,15,17,18). The van der Waals surface area contributed by atoms with E-state index in [-0.39, 0.29) is 11.9 Å². The lowest BCUT2D eigenvalue weighted by molar-refractivity contribution is 0.102. The first-order valence-electron chi connectivity index (χ1n) is 5.17. The van der Waals surface area contributed by atoms with Crippen molar-refractivity contribution in [2.75, 3.05) is 5.32 Å². The van der Waals surface area contributed by atoms with Crippen LogP contribution in [0.1, 0.15) is 21.7 Å². The summed E-state index contributed by atoms with van der Waals surface area (Å²) in [5, 5.41) is 10.3. The number of aryl methyl sites for hydroxylation is 2. The number of aromatic nitrogens is 4. The van der Waals surface area contributed by atoms with Gasteiger partial charge in [0.1, 0.15) is 4.60 Å². The van der Waals surface area contributed by atoms with Crippen LogP contribution < -0.4 is 5.32 Å². The summed E-state index contributed by atoms with van der Waals surface area (Å²) >= 11 is 3.20. The van der Waals surface area contributed by atoms with E-state index in [0.717, 1.165) is 11.4 Å². The van der Waals surface area contributed by atoms with Gasteiger partial charge in [0.15, 0.2) is 0 Å². The number of carbonyl (C=O) groups is 1. The number of anilines is 1. The zero-order chi connectivity index (χ0) is 13.1. The molecule has 1 amide bonds. The van der Waals surface area contributed by atoms with E-state index in [1.54, 1.807) is 26.0 Å². The fourth-order valence-corrected chi connectivity index (χ4v) is 1.43. The van der Waals surface area contributed by atoms with E-state index in [0.29, 0.717) is 10.2 Å². The fraction of sp³-hybridized carbons (Fsp3) is 0.182. The molecule has 0 saturated carbocycles. The first-order chi connectivity index (χ1) is 8.56. The van der Waals surface area contributed by atoms with Crippen molar-refractivity contribution in [3.8, 4) is 0 Å². The number of nitrogens with zero attached hydrogens (tertiary/aromatic N) is 4. The van der Waals surface area contributed by atoms with E-state index in [9.17, 15) is 4.79 Å². The van der Waals surface area contributed by atoms with Gasteiger partial charge >= 0.3 is 0 Å². The highest BCUT2D eigenvalue weighted by Crippen LogP contribution is 2.08. The van der Waals surface area contributed by atoms with Crippen LogP contribution >= 0.6 is 15.9 Å². The Morgan fingerprint density at radius 2 is 2.00 bits per heavy atom. The molecule has 0 atom stereocenters. The molecule has 2 aromatic rings. The average molecular weight is 308 g/mol. The van der Waals surface area contributed by atoms with Gasteiger partial charge in [0.05, 0.1) is 17.0 Å². The lowest BCUT2D eigenvalue weighted by atomic mass is 10.3. The Labute approximate surface area is 112 Å². The SMILES string of the molecule is Cc1nnc(NC(=O)c2ccc(Br)nc2)nc1C. The van der Waals surface area contributed by atoms with Crippen LogP contribution in [0.4, 0.5) is 5.95 Å². The Kier molecular flexibility index (Phi) is 3.61. The molecular weight excluding hydrogens is 298 g/mol. The number of nitrogens with one attached hydrogen (secondary N) is 1. The third-order valence-electron chi connectivity index (χ3n) is 2.31. The molecule has 7 heteroatoms. The van der Waals surface area contributed by atoms with E-state index in [2.05, 4.69) is 41.4 Å². The Morgan fingerprint density at radius 3 is 2.61 bits per heavy atom. The van der Waals surface area contributed by atoms with Crippen LogP contribution in [-0.4, -0.2) is 26.1 Å². The number of rotatable bonds is 2. The Hall–Kier alpha value is -1.89. The smallest absolute Gasteiger partial charge is 0.259 e. The Balaban J connectivity index is 2.16. The second-order valence-corrected chi connectivity index (χ2v) is 4.44. The molecule has 0 fully saturated rings. The molecule has 92 valence electrons. The predicted octanol–water partition coefficient (Wildman–Crippen LogP) is 1.90. The predicted molar refractivity (Wildman–Crippen MR) is 69.2 cm³/mol. The molecule has 0 bridgehead atoms. The summed E-state index contributed by atoms with van der Waals surface area (Å²) in [6.07, 6.45) is 1.47. The van der Waals surface area contributed by atoms with Crippen molar-refractivity contribution in [2.45, 2.75) is 13.8 Å². The number of pyridine rings is 1. The van der Waals surface area contributed by atoms with Gasteiger partial charge in [-0.15, -0.1) is 5.10 Å². The van der Waals surface area contributed by atoms with Crippen molar-refractivity contribution in [2.24, 2.45) is 0 Å². The normalized spacial score (nSPS) is 10.2. The van der Waals surface area contributed by atoms with Gasteiger partial charge in [-0.2, -0.15) is 5.10 Å². The fourth-order valence-electron chi connectivity index (χ4n) is 1.19. The van der Waals surface area contributed by atoms with Gasteiger partial charge in [0.25, 0.3) is 5.91 Å². The molecule has 1 N–H and O–H groups in total. The molecule has 0 aromatic carbocycles. The van der Waals surface area contributed by atoms with E-state index < -0.39 is 0 Å². The highest BCUT2D eigenvalue weighted by Gasteiger charge is 2.09. The summed E-state index contributed by atoms with van der Waals surface area (Å²) in [6, 6.07) is 3.34. The molecule has 2 heterocycles. The average Bonchev–Trinajstić information content (AvgIpc) is 2.34. The highest BCUT2D eigenvalue weighted by molar-refractivity contribution is 9.10. The molecular formula is C11H10BrN5O. The van der Waals surface area contributed by atoms with Crippen molar-refractivity contribution in [1.29, 1.82) is 0 Å². The topological polar surface area (TPSA) is 80.7 Å². The molecule has 0 radical (unpaired) electrons. The van der Waals surface area contributed by atoms with Crippen LogP contribution in [0.5, 0.6) is 0 Å². The molecule has 0 spiro atoms. The van der Waals surface area contributed by atoms with Crippen LogP contribution in [0, 0.1) is 13.8 Å². The molecule has 2 rings (SSSR count). The van der Waals surface area contributed by atoms with Gasteiger partial charge in [-0.3, -0.25) is 10.1 Å². The van der Waals surface area contributed by atoms with Crippen LogP contribution in [0.2, 0.25) is 0 Å². The largest absolute Gasteiger partial charge is 0.289 e. The summed E-state index contributed by atoms with van der Waals surface area (Å²) in [4.78, 5) is 19.9. The Bertz CT molecular complexity index is 584. The number of hydrogen-bond acceptors (Lipinski definition) is 5. The van der Waals surface area contributed by atoms with E-state index in [1.165, 1.54) is 6.20 Å². The molecule has 18 heavy (non-hydrogen) atoms. The molecule has 0 aliphatic carbocycles. The summed E-state index contributed by atoms with van der Waals surface area (Å²) in [5.74, 6) is -0.133. The molecule has 0 saturated heterocycles. The van der Waals surface area contributed by atoms with Gasteiger partial charge in [0, 0.05) is 6.20 Å². The second-order valence-electron chi connectivity index (χ2n) is 3.63. The van der Waals surface area contributed by atoms with Crippen LogP contribution in [0.25, 0.3) is 0 Å². The summed E-state index contributed by atoms with van der Waals surface area (Å²) in [5.41, 5.74) is 1.90.